The minimum Gasteiger partial charge on any atom is -0.265 e. The molecule has 1 aromatic heterocycles. The summed E-state index contributed by atoms with van der Waals surface area (Å²) >= 11 is 6.43. The first kappa shape index (κ1) is 11.9. The van der Waals surface area contributed by atoms with Gasteiger partial charge in [0.05, 0.1) is 0 Å². The molecule has 1 unspecified atom stereocenters. The van der Waals surface area contributed by atoms with Crippen molar-refractivity contribution in [3.8, 4) is 0 Å². The highest BCUT2D eigenvalue weighted by atomic mass is 35.5. The van der Waals surface area contributed by atoms with Gasteiger partial charge in [-0.3, -0.25) is 4.98 Å². The van der Waals surface area contributed by atoms with Gasteiger partial charge in [0.25, 0.3) is 0 Å². The van der Waals surface area contributed by atoms with Crippen molar-refractivity contribution < 1.29 is 0 Å². The summed E-state index contributed by atoms with van der Waals surface area (Å²) in [6.45, 7) is 0. The largest absolute Gasteiger partial charge is 0.265 e. The van der Waals surface area contributed by atoms with Crippen LogP contribution in [0.15, 0.2) is 24.5 Å². The van der Waals surface area contributed by atoms with Gasteiger partial charge >= 0.3 is 0 Å². The maximum atomic E-state index is 6.43. The van der Waals surface area contributed by atoms with Gasteiger partial charge in [-0.15, -0.1) is 11.6 Å². The maximum absolute atomic E-state index is 6.43. The van der Waals surface area contributed by atoms with Gasteiger partial charge in [-0.2, -0.15) is 0 Å². The number of aromatic nitrogens is 1. The first-order valence-electron chi connectivity index (χ1n) is 6.37. The molecule has 0 aliphatic heterocycles. The molecule has 1 saturated carbocycles. The summed E-state index contributed by atoms with van der Waals surface area (Å²) in [6.07, 6.45) is 12.9. The second-order valence-corrected chi connectivity index (χ2v) is 5.51. The summed E-state index contributed by atoms with van der Waals surface area (Å²) in [5.74, 6) is 0.873. The Kier molecular flexibility index (Phi) is 4.65. The maximum Gasteiger partial charge on any atom is 0.0379 e. The van der Waals surface area contributed by atoms with E-state index in [-0.39, 0.29) is 0 Å². The molecule has 0 radical (unpaired) electrons. The van der Waals surface area contributed by atoms with Crippen LogP contribution in [0.5, 0.6) is 0 Å². The minimum absolute atomic E-state index is 0.297. The molecule has 1 fully saturated rings. The predicted molar refractivity (Wildman–Crippen MR) is 68.8 cm³/mol. The molecule has 0 spiro atoms. The van der Waals surface area contributed by atoms with Crippen molar-refractivity contribution in [3.05, 3.63) is 30.1 Å². The highest BCUT2D eigenvalue weighted by molar-refractivity contribution is 6.20. The SMILES string of the molecule is ClC(Cc1ccncc1)CC1CCCCC1. The molecule has 0 aromatic carbocycles. The Morgan fingerprint density at radius 3 is 2.56 bits per heavy atom. The van der Waals surface area contributed by atoms with Crippen LogP contribution in [0.3, 0.4) is 0 Å². The van der Waals surface area contributed by atoms with Gasteiger partial charge in [-0.25, -0.2) is 0 Å². The van der Waals surface area contributed by atoms with Gasteiger partial charge < -0.3 is 0 Å². The monoisotopic (exact) mass is 237 g/mol. The summed E-state index contributed by atoms with van der Waals surface area (Å²) < 4.78 is 0. The Balaban J connectivity index is 1.77. The first-order chi connectivity index (χ1) is 7.84. The lowest BCUT2D eigenvalue weighted by Gasteiger charge is -2.23. The van der Waals surface area contributed by atoms with E-state index in [1.165, 1.54) is 44.1 Å². The van der Waals surface area contributed by atoms with Gasteiger partial charge in [0, 0.05) is 17.8 Å². The number of rotatable bonds is 4. The topological polar surface area (TPSA) is 12.9 Å². The van der Waals surface area contributed by atoms with E-state index in [1.54, 1.807) is 0 Å². The van der Waals surface area contributed by atoms with Gasteiger partial charge in [0.1, 0.15) is 0 Å². The Morgan fingerprint density at radius 1 is 1.19 bits per heavy atom. The summed E-state index contributed by atoms with van der Waals surface area (Å²) in [6, 6.07) is 4.13. The number of hydrogen-bond acceptors (Lipinski definition) is 1. The fourth-order valence-corrected chi connectivity index (χ4v) is 3.07. The van der Waals surface area contributed by atoms with Crippen LogP contribution in [0.25, 0.3) is 0 Å². The van der Waals surface area contributed by atoms with Crippen LogP contribution in [-0.2, 0) is 6.42 Å². The van der Waals surface area contributed by atoms with Gasteiger partial charge in [-0.05, 0) is 36.5 Å². The molecule has 1 aromatic rings. The van der Waals surface area contributed by atoms with Crippen LogP contribution in [-0.4, -0.2) is 10.4 Å². The molecule has 1 atom stereocenters. The van der Waals surface area contributed by atoms with E-state index in [0.29, 0.717) is 5.38 Å². The van der Waals surface area contributed by atoms with Crippen LogP contribution < -0.4 is 0 Å². The summed E-state index contributed by atoms with van der Waals surface area (Å²) in [5.41, 5.74) is 1.31. The molecule has 16 heavy (non-hydrogen) atoms. The zero-order chi connectivity index (χ0) is 11.2. The first-order valence-corrected chi connectivity index (χ1v) is 6.81. The molecule has 88 valence electrons. The molecule has 1 aliphatic rings. The van der Waals surface area contributed by atoms with Crippen LogP contribution >= 0.6 is 11.6 Å². The number of pyridine rings is 1. The quantitative estimate of drug-likeness (QED) is 0.716. The smallest absolute Gasteiger partial charge is 0.0379 e. The van der Waals surface area contributed by atoms with Crippen molar-refractivity contribution in [2.45, 2.75) is 50.3 Å². The van der Waals surface area contributed by atoms with E-state index in [1.807, 2.05) is 12.4 Å². The molecule has 0 amide bonds. The van der Waals surface area contributed by atoms with Crippen molar-refractivity contribution in [2.75, 3.05) is 0 Å². The van der Waals surface area contributed by atoms with E-state index in [0.717, 1.165) is 12.3 Å². The molecule has 0 bridgehead atoms. The second kappa shape index (κ2) is 6.24. The lowest BCUT2D eigenvalue weighted by atomic mass is 9.85. The molecule has 1 nitrogen and oxygen atoms in total. The average molecular weight is 238 g/mol. The van der Waals surface area contributed by atoms with Crippen LogP contribution in [0.1, 0.15) is 44.1 Å². The number of halogens is 1. The predicted octanol–water partition coefficient (Wildman–Crippen LogP) is 4.20. The van der Waals surface area contributed by atoms with Crippen molar-refractivity contribution in [1.29, 1.82) is 0 Å². The Morgan fingerprint density at radius 2 is 1.88 bits per heavy atom. The molecular formula is C14H20ClN. The van der Waals surface area contributed by atoms with E-state index in [4.69, 9.17) is 11.6 Å². The molecular weight excluding hydrogens is 218 g/mol. The molecule has 2 rings (SSSR count). The van der Waals surface area contributed by atoms with E-state index in [9.17, 15) is 0 Å². The van der Waals surface area contributed by atoms with Crippen molar-refractivity contribution in [2.24, 2.45) is 5.92 Å². The summed E-state index contributed by atoms with van der Waals surface area (Å²) in [4.78, 5) is 4.03. The zero-order valence-corrected chi connectivity index (χ0v) is 10.5. The third-order valence-corrected chi connectivity index (χ3v) is 3.85. The van der Waals surface area contributed by atoms with E-state index in [2.05, 4.69) is 17.1 Å². The van der Waals surface area contributed by atoms with Crippen molar-refractivity contribution >= 4 is 11.6 Å². The Hall–Kier alpha value is -0.560. The zero-order valence-electron chi connectivity index (χ0n) is 9.74. The summed E-state index contributed by atoms with van der Waals surface area (Å²) in [5, 5.41) is 0.297. The van der Waals surface area contributed by atoms with Gasteiger partial charge in [-0.1, -0.05) is 32.1 Å². The normalized spacial score (nSPS) is 19.6. The van der Waals surface area contributed by atoms with Gasteiger partial charge in [0.2, 0.25) is 0 Å². The standard InChI is InChI=1S/C14H20ClN/c15-14(10-12-4-2-1-3-5-12)11-13-6-8-16-9-7-13/h6-9,12,14H,1-5,10-11H2. The highest BCUT2D eigenvalue weighted by Crippen LogP contribution is 2.29. The molecule has 2 heteroatoms. The molecule has 0 saturated heterocycles. The lowest BCUT2D eigenvalue weighted by molar-refractivity contribution is 0.334. The van der Waals surface area contributed by atoms with Crippen LogP contribution in [0, 0.1) is 5.92 Å². The van der Waals surface area contributed by atoms with Crippen LogP contribution in [0.4, 0.5) is 0 Å². The lowest BCUT2D eigenvalue weighted by Crippen LogP contribution is -2.14. The molecule has 1 heterocycles. The van der Waals surface area contributed by atoms with Crippen molar-refractivity contribution in [1.82, 2.24) is 4.98 Å². The molecule has 1 aliphatic carbocycles. The van der Waals surface area contributed by atoms with E-state index >= 15 is 0 Å². The second-order valence-electron chi connectivity index (χ2n) is 4.90. The third kappa shape index (κ3) is 3.79. The Bertz CT molecular complexity index is 293. The number of hydrogen-bond donors (Lipinski definition) is 0. The fourth-order valence-electron chi connectivity index (χ4n) is 2.64. The average Bonchev–Trinajstić information content (AvgIpc) is 2.31. The van der Waals surface area contributed by atoms with Crippen LogP contribution in [0.2, 0.25) is 0 Å². The highest BCUT2D eigenvalue weighted by Gasteiger charge is 2.17. The summed E-state index contributed by atoms with van der Waals surface area (Å²) in [7, 11) is 0. The molecule has 0 N–H and O–H groups in total. The Labute approximate surface area is 103 Å². The number of alkyl halides is 1. The third-order valence-electron chi connectivity index (χ3n) is 3.52. The van der Waals surface area contributed by atoms with E-state index < -0.39 is 0 Å². The fraction of sp³-hybridized carbons (Fsp3) is 0.643. The van der Waals surface area contributed by atoms with Crippen molar-refractivity contribution in [3.63, 3.8) is 0 Å². The number of nitrogens with zero attached hydrogens (tertiary/aromatic N) is 1. The minimum atomic E-state index is 0.297. The van der Waals surface area contributed by atoms with Gasteiger partial charge in [0.15, 0.2) is 0 Å².